The van der Waals surface area contributed by atoms with Gasteiger partial charge in [-0.05, 0) is 43.3 Å². The molecule has 0 unspecified atom stereocenters. The number of benzene rings is 2. The highest BCUT2D eigenvalue weighted by Crippen LogP contribution is 2.15. The van der Waals surface area contributed by atoms with Crippen LogP contribution < -0.4 is 15.6 Å². The molecule has 138 valence electrons. The van der Waals surface area contributed by atoms with Crippen LogP contribution in [0.4, 0.5) is 0 Å². The molecule has 26 heavy (non-hydrogen) atoms. The number of nitrogens with one attached hydrogen (secondary N) is 3. The van der Waals surface area contributed by atoms with E-state index in [0.717, 1.165) is 0 Å². The van der Waals surface area contributed by atoms with Crippen molar-refractivity contribution in [2.75, 3.05) is 0 Å². The van der Waals surface area contributed by atoms with Gasteiger partial charge in [0.25, 0.3) is 11.8 Å². The Morgan fingerprint density at radius 3 is 2.19 bits per heavy atom. The van der Waals surface area contributed by atoms with Crippen molar-refractivity contribution in [2.24, 2.45) is 0 Å². The molecule has 0 radical (unpaired) electrons. The molecule has 2 aromatic carbocycles. The summed E-state index contributed by atoms with van der Waals surface area (Å²) >= 11 is 11.6. The number of sulfonamides is 1. The summed E-state index contributed by atoms with van der Waals surface area (Å²) in [4.78, 5) is 23.9. The number of amides is 2. The standard InChI is InChI=1S/C16H15Cl2N3O4S/c1-10(21-26(24,25)12-8-6-11(17)7-9-12)15(22)19-20-16(23)13-4-2-3-5-14(13)18/h2-10,21H,1H3,(H,19,22)(H,20,23)/t10-/m0/s1. The van der Waals surface area contributed by atoms with Crippen LogP contribution in [0, 0.1) is 0 Å². The Bertz CT molecular complexity index is 917. The van der Waals surface area contributed by atoms with Crippen molar-refractivity contribution < 1.29 is 18.0 Å². The monoisotopic (exact) mass is 415 g/mol. The first-order valence-corrected chi connectivity index (χ1v) is 9.57. The van der Waals surface area contributed by atoms with Crippen LogP contribution in [0.2, 0.25) is 10.0 Å². The number of carbonyl (C=O) groups is 2. The van der Waals surface area contributed by atoms with E-state index in [1.165, 1.54) is 43.3 Å². The van der Waals surface area contributed by atoms with Crippen molar-refractivity contribution in [3.8, 4) is 0 Å². The first-order chi connectivity index (χ1) is 12.2. The van der Waals surface area contributed by atoms with Crippen LogP contribution in [0.15, 0.2) is 53.4 Å². The van der Waals surface area contributed by atoms with E-state index in [1.807, 2.05) is 0 Å². The molecule has 0 heterocycles. The number of hydrogen-bond acceptors (Lipinski definition) is 4. The predicted molar refractivity (Wildman–Crippen MR) is 98.3 cm³/mol. The molecule has 0 fully saturated rings. The van der Waals surface area contributed by atoms with E-state index in [-0.39, 0.29) is 15.5 Å². The molecule has 0 aliphatic heterocycles. The molecule has 10 heteroatoms. The zero-order chi connectivity index (χ0) is 19.3. The van der Waals surface area contributed by atoms with Crippen LogP contribution in [0.3, 0.4) is 0 Å². The Kier molecular flexibility index (Phi) is 6.60. The number of rotatable bonds is 5. The SMILES string of the molecule is C[C@H](NS(=O)(=O)c1ccc(Cl)cc1)C(=O)NNC(=O)c1ccccc1Cl. The van der Waals surface area contributed by atoms with Gasteiger partial charge in [0.2, 0.25) is 10.0 Å². The molecule has 0 saturated carbocycles. The Morgan fingerprint density at radius 1 is 0.962 bits per heavy atom. The van der Waals surface area contributed by atoms with Crippen LogP contribution in [0.5, 0.6) is 0 Å². The van der Waals surface area contributed by atoms with E-state index < -0.39 is 27.9 Å². The van der Waals surface area contributed by atoms with Crippen LogP contribution in [-0.4, -0.2) is 26.3 Å². The number of carbonyl (C=O) groups excluding carboxylic acids is 2. The van der Waals surface area contributed by atoms with Gasteiger partial charge in [0.15, 0.2) is 0 Å². The Balaban J connectivity index is 1.96. The zero-order valence-corrected chi connectivity index (χ0v) is 15.8. The van der Waals surface area contributed by atoms with Crippen LogP contribution in [-0.2, 0) is 14.8 Å². The van der Waals surface area contributed by atoms with Crippen molar-refractivity contribution in [2.45, 2.75) is 17.9 Å². The second kappa shape index (κ2) is 8.50. The number of hydrogen-bond donors (Lipinski definition) is 3. The lowest BCUT2D eigenvalue weighted by molar-refractivity contribution is -0.123. The number of hydrazine groups is 1. The lowest BCUT2D eigenvalue weighted by Crippen LogP contribution is -2.51. The highest BCUT2D eigenvalue weighted by Gasteiger charge is 2.22. The van der Waals surface area contributed by atoms with E-state index in [9.17, 15) is 18.0 Å². The summed E-state index contributed by atoms with van der Waals surface area (Å²) in [6.07, 6.45) is 0. The maximum atomic E-state index is 12.2. The smallest absolute Gasteiger partial charge is 0.271 e. The molecular formula is C16H15Cl2N3O4S. The molecule has 0 spiro atoms. The van der Waals surface area contributed by atoms with Gasteiger partial charge in [-0.2, -0.15) is 4.72 Å². The van der Waals surface area contributed by atoms with Gasteiger partial charge in [-0.1, -0.05) is 35.3 Å². The Labute approximate surface area is 160 Å². The summed E-state index contributed by atoms with van der Waals surface area (Å²) in [5.74, 6) is -1.38. The third-order valence-electron chi connectivity index (χ3n) is 3.27. The topological polar surface area (TPSA) is 104 Å². The summed E-state index contributed by atoms with van der Waals surface area (Å²) in [5.41, 5.74) is 4.49. The third kappa shape index (κ3) is 5.18. The van der Waals surface area contributed by atoms with Crippen molar-refractivity contribution in [3.63, 3.8) is 0 Å². The van der Waals surface area contributed by atoms with Crippen LogP contribution in [0.1, 0.15) is 17.3 Å². The van der Waals surface area contributed by atoms with Gasteiger partial charge in [0.05, 0.1) is 21.5 Å². The van der Waals surface area contributed by atoms with E-state index in [0.29, 0.717) is 5.02 Å². The maximum absolute atomic E-state index is 12.2. The van der Waals surface area contributed by atoms with E-state index in [1.54, 1.807) is 12.1 Å². The molecule has 2 rings (SSSR count). The fourth-order valence-corrected chi connectivity index (χ4v) is 3.46. The van der Waals surface area contributed by atoms with Gasteiger partial charge in [0, 0.05) is 5.02 Å². The predicted octanol–water partition coefficient (Wildman–Crippen LogP) is 2.12. The minimum Gasteiger partial charge on any atom is -0.271 e. The van der Waals surface area contributed by atoms with Gasteiger partial charge in [0.1, 0.15) is 0 Å². The number of halogens is 2. The molecule has 0 bridgehead atoms. The molecule has 0 aliphatic rings. The molecule has 2 aromatic rings. The lowest BCUT2D eigenvalue weighted by Gasteiger charge is -2.15. The quantitative estimate of drug-likeness (QED) is 0.650. The molecular weight excluding hydrogens is 401 g/mol. The van der Waals surface area contributed by atoms with Crippen molar-refractivity contribution in [1.82, 2.24) is 15.6 Å². The van der Waals surface area contributed by atoms with Crippen molar-refractivity contribution in [3.05, 3.63) is 64.1 Å². The van der Waals surface area contributed by atoms with Crippen molar-refractivity contribution in [1.29, 1.82) is 0 Å². The first-order valence-electron chi connectivity index (χ1n) is 7.33. The highest BCUT2D eigenvalue weighted by atomic mass is 35.5. The molecule has 0 aliphatic carbocycles. The molecule has 1 atom stereocenters. The van der Waals surface area contributed by atoms with E-state index >= 15 is 0 Å². The van der Waals surface area contributed by atoms with E-state index in [4.69, 9.17) is 23.2 Å². The summed E-state index contributed by atoms with van der Waals surface area (Å²) in [6.45, 7) is 1.34. The van der Waals surface area contributed by atoms with Gasteiger partial charge in [-0.3, -0.25) is 20.4 Å². The van der Waals surface area contributed by atoms with Gasteiger partial charge in [-0.25, -0.2) is 8.42 Å². The second-order valence-electron chi connectivity index (χ2n) is 5.22. The minimum atomic E-state index is -3.92. The summed E-state index contributed by atoms with van der Waals surface area (Å²) in [5, 5.41) is 0.604. The molecule has 3 N–H and O–H groups in total. The maximum Gasteiger partial charge on any atom is 0.271 e. The molecule has 0 saturated heterocycles. The fourth-order valence-electron chi connectivity index (χ4n) is 1.91. The Hall–Kier alpha value is -2.13. The van der Waals surface area contributed by atoms with Gasteiger partial charge in [-0.15, -0.1) is 0 Å². The summed E-state index contributed by atoms with van der Waals surface area (Å²) < 4.78 is 26.7. The Morgan fingerprint density at radius 2 is 1.58 bits per heavy atom. The third-order valence-corrected chi connectivity index (χ3v) is 5.41. The average Bonchev–Trinajstić information content (AvgIpc) is 2.59. The normalized spacial score (nSPS) is 12.3. The van der Waals surface area contributed by atoms with Crippen LogP contribution >= 0.6 is 23.2 Å². The highest BCUT2D eigenvalue weighted by molar-refractivity contribution is 7.89. The van der Waals surface area contributed by atoms with Crippen LogP contribution in [0.25, 0.3) is 0 Å². The van der Waals surface area contributed by atoms with Gasteiger partial charge >= 0.3 is 0 Å². The summed E-state index contributed by atoms with van der Waals surface area (Å²) in [6, 6.07) is 10.6. The molecule has 7 nitrogen and oxygen atoms in total. The van der Waals surface area contributed by atoms with Crippen molar-refractivity contribution >= 4 is 45.0 Å². The first kappa shape index (κ1) is 20.2. The zero-order valence-electron chi connectivity index (χ0n) is 13.5. The fraction of sp³-hybridized carbons (Fsp3) is 0.125. The molecule has 2 amide bonds. The summed E-state index contributed by atoms with van der Waals surface area (Å²) in [7, 11) is -3.92. The minimum absolute atomic E-state index is 0.0401. The van der Waals surface area contributed by atoms with E-state index in [2.05, 4.69) is 15.6 Å². The largest absolute Gasteiger partial charge is 0.271 e. The van der Waals surface area contributed by atoms with Gasteiger partial charge < -0.3 is 0 Å². The lowest BCUT2D eigenvalue weighted by atomic mass is 10.2. The molecule has 0 aromatic heterocycles. The second-order valence-corrected chi connectivity index (χ2v) is 7.78. The average molecular weight is 416 g/mol.